The summed E-state index contributed by atoms with van der Waals surface area (Å²) < 4.78 is 13.0. The first-order chi connectivity index (χ1) is 7.61. The molecule has 0 fully saturated rings. The lowest BCUT2D eigenvalue weighted by molar-refractivity contribution is 0.609. The molecule has 0 aliphatic heterocycles. The molecule has 16 heavy (non-hydrogen) atoms. The zero-order valence-corrected chi connectivity index (χ0v) is 9.04. The number of rotatable bonds is 2. The van der Waals surface area contributed by atoms with Crippen molar-refractivity contribution in [3.8, 4) is 0 Å². The van der Waals surface area contributed by atoms with Crippen molar-refractivity contribution in [2.45, 2.75) is 13.0 Å². The Bertz CT molecular complexity index is 579. The minimum absolute atomic E-state index is 0.0830. The summed E-state index contributed by atoms with van der Waals surface area (Å²) in [7, 11) is 1.76. The van der Waals surface area contributed by atoms with Crippen LogP contribution in [-0.2, 0) is 0 Å². The summed E-state index contributed by atoms with van der Waals surface area (Å²) in [5.74, 6) is 0.110. The zero-order valence-electron chi connectivity index (χ0n) is 9.04. The van der Waals surface area contributed by atoms with E-state index in [0.717, 1.165) is 0 Å². The Balaban J connectivity index is 2.70. The number of nitrogens with one attached hydrogen (secondary N) is 2. The molecule has 84 valence electrons. The van der Waals surface area contributed by atoms with Gasteiger partial charge < -0.3 is 10.3 Å². The van der Waals surface area contributed by atoms with E-state index in [1.807, 2.05) is 6.92 Å². The zero-order chi connectivity index (χ0) is 11.7. The topological polar surface area (TPSA) is 57.8 Å². The van der Waals surface area contributed by atoms with Crippen LogP contribution in [0.4, 0.5) is 4.39 Å². The standard InChI is InChI=1S/C11H12FN3O/c1-6(13-2)10-14-9-5-7(12)3-4-8(9)11(16)15-10/h3-6,13H,1-2H3,(H,14,15,16). The third-order valence-corrected chi connectivity index (χ3v) is 2.53. The van der Waals surface area contributed by atoms with Crippen molar-refractivity contribution < 1.29 is 4.39 Å². The first-order valence-electron chi connectivity index (χ1n) is 4.98. The minimum Gasteiger partial charge on any atom is -0.311 e. The molecule has 0 saturated heterocycles. The second kappa shape index (κ2) is 4.02. The fourth-order valence-electron chi connectivity index (χ4n) is 1.47. The van der Waals surface area contributed by atoms with Gasteiger partial charge in [-0.2, -0.15) is 0 Å². The first-order valence-corrected chi connectivity index (χ1v) is 4.98. The van der Waals surface area contributed by atoms with Gasteiger partial charge in [-0.05, 0) is 26.1 Å². The van der Waals surface area contributed by atoms with Crippen molar-refractivity contribution in [2.75, 3.05) is 7.05 Å². The molecule has 1 heterocycles. The summed E-state index contributed by atoms with van der Waals surface area (Å²) in [6.07, 6.45) is 0. The van der Waals surface area contributed by atoms with Gasteiger partial charge in [0.25, 0.3) is 5.56 Å². The number of halogens is 1. The molecule has 4 nitrogen and oxygen atoms in total. The molecule has 0 amide bonds. The lowest BCUT2D eigenvalue weighted by Crippen LogP contribution is -2.20. The Morgan fingerprint density at radius 2 is 2.25 bits per heavy atom. The van der Waals surface area contributed by atoms with Crippen LogP contribution in [0.5, 0.6) is 0 Å². The molecule has 0 aliphatic rings. The Hall–Kier alpha value is -1.75. The average Bonchev–Trinajstić information content (AvgIpc) is 2.27. The van der Waals surface area contributed by atoms with E-state index in [9.17, 15) is 9.18 Å². The van der Waals surface area contributed by atoms with Crippen molar-refractivity contribution >= 4 is 10.9 Å². The van der Waals surface area contributed by atoms with E-state index in [1.54, 1.807) is 7.05 Å². The highest BCUT2D eigenvalue weighted by molar-refractivity contribution is 5.77. The average molecular weight is 221 g/mol. The van der Waals surface area contributed by atoms with Gasteiger partial charge in [0, 0.05) is 6.07 Å². The predicted molar refractivity (Wildman–Crippen MR) is 59.8 cm³/mol. The van der Waals surface area contributed by atoms with Gasteiger partial charge in [-0.1, -0.05) is 0 Å². The monoisotopic (exact) mass is 221 g/mol. The number of nitrogens with zero attached hydrogens (tertiary/aromatic N) is 1. The fourth-order valence-corrected chi connectivity index (χ4v) is 1.47. The van der Waals surface area contributed by atoms with Crippen molar-refractivity contribution in [1.82, 2.24) is 15.3 Å². The Morgan fingerprint density at radius 3 is 2.94 bits per heavy atom. The van der Waals surface area contributed by atoms with Crippen LogP contribution in [0.25, 0.3) is 10.9 Å². The van der Waals surface area contributed by atoms with Crippen LogP contribution in [0.3, 0.4) is 0 Å². The van der Waals surface area contributed by atoms with Crippen LogP contribution < -0.4 is 10.9 Å². The third-order valence-electron chi connectivity index (χ3n) is 2.53. The summed E-state index contributed by atoms with van der Waals surface area (Å²) in [6, 6.07) is 3.86. The van der Waals surface area contributed by atoms with E-state index >= 15 is 0 Å². The van der Waals surface area contributed by atoms with Gasteiger partial charge in [-0.15, -0.1) is 0 Å². The molecule has 0 aliphatic carbocycles. The molecular formula is C11H12FN3O. The highest BCUT2D eigenvalue weighted by Crippen LogP contribution is 2.11. The summed E-state index contributed by atoms with van der Waals surface area (Å²) in [5, 5.41) is 3.36. The van der Waals surface area contributed by atoms with Crippen LogP contribution in [0, 0.1) is 5.82 Å². The van der Waals surface area contributed by atoms with Gasteiger partial charge >= 0.3 is 0 Å². The molecule has 2 aromatic rings. The van der Waals surface area contributed by atoms with Crippen LogP contribution in [0.2, 0.25) is 0 Å². The molecule has 2 rings (SSSR count). The number of aromatic amines is 1. The van der Waals surface area contributed by atoms with Gasteiger partial charge in [-0.3, -0.25) is 4.79 Å². The highest BCUT2D eigenvalue weighted by atomic mass is 19.1. The van der Waals surface area contributed by atoms with E-state index in [0.29, 0.717) is 16.7 Å². The van der Waals surface area contributed by atoms with Crippen molar-refractivity contribution in [2.24, 2.45) is 0 Å². The molecular weight excluding hydrogens is 209 g/mol. The number of H-pyrrole nitrogens is 1. The second-order valence-electron chi connectivity index (χ2n) is 3.62. The van der Waals surface area contributed by atoms with Gasteiger partial charge in [0.15, 0.2) is 0 Å². The maximum absolute atomic E-state index is 13.0. The highest BCUT2D eigenvalue weighted by Gasteiger charge is 2.09. The quantitative estimate of drug-likeness (QED) is 0.804. The summed E-state index contributed by atoms with van der Waals surface area (Å²) in [6.45, 7) is 1.86. The van der Waals surface area contributed by atoms with Gasteiger partial charge in [0.1, 0.15) is 11.6 Å². The van der Waals surface area contributed by atoms with Crippen LogP contribution in [0.1, 0.15) is 18.8 Å². The van der Waals surface area contributed by atoms with Crippen molar-refractivity contribution in [3.63, 3.8) is 0 Å². The van der Waals surface area contributed by atoms with E-state index in [-0.39, 0.29) is 11.6 Å². The SMILES string of the molecule is CNC(C)c1nc2cc(F)ccc2c(=O)[nH]1. The van der Waals surface area contributed by atoms with Gasteiger partial charge in [0.2, 0.25) is 0 Å². The molecule has 2 N–H and O–H groups in total. The van der Waals surface area contributed by atoms with E-state index < -0.39 is 5.82 Å². The summed E-state index contributed by atoms with van der Waals surface area (Å²) in [4.78, 5) is 18.6. The number of hydrogen-bond acceptors (Lipinski definition) is 3. The lowest BCUT2D eigenvalue weighted by atomic mass is 10.2. The molecule has 1 aromatic carbocycles. The molecule has 0 spiro atoms. The Kier molecular flexibility index (Phi) is 2.70. The third kappa shape index (κ3) is 1.81. The predicted octanol–water partition coefficient (Wildman–Crippen LogP) is 1.34. The molecule has 1 atom stereocenters. The fraction of sp³-hybridized carbons (Fsp3) is 0.273. The molecule has 1 aromatic heterocycles. The number of fused-ring (bicyclic) bond motifs is 1. The van der Waals surface area contributed by atoms with Gasteiger partial charge in [-0.25, -0.2) is 9.37 Å². The van der Waals surface area contributed by atoms with E-state index in [4.69, 9.17) is 0 Å². The molecule has 5 heteroatoms. The largest absolute Gasteiger partial charge is 0.311 e. The maximum Gasteiger partial charge on any atom is 0.258 e. The summed E-state index contributed by atoms with van der Waals surface area (Å²) >= 11 is 0. The van der Waals surface area contributed by atoms with Crippen LogP contribution in [-0.4, -0.2) is 17.0 Å². The molecule has 0 bridgehead atoms. The number of aromatic nitrogens is 2. The normalized spacial score (nSPS) is 12.9. The molecule has 1 unspecified atom stereocenters. The number of hydrogen-bond donors (Lipinski definition) is 2. The lowest BCUT2D eigenvalue weighted by Gasteiger charge is -2.09. The van der Waals surface area contributed by atoms with Crippen molar-refractivity contribution in [3.05, 3.63) is 40.2 Å². The first kappa shape index (κ1) is 10.8. The molecule has 0 saturated carbocycles. The van der Waals surface area contributed by atoms with Crippen molar-refractivity contribution in [1.29, 1.82) is 0 Å². The van der Waals surface area contributed by atoms with Crippen LogP contribution >= 0.6 is 0 Å². The second-order valence-corrected chi connectivity index (χ2v) is 3.62. The smallest absolute Gasteiger partial charge is 0.258 e. The Labute approximate surface area is 91.5 Å². The summed E-state index contributed by atoms with van der Waals surface area (Å²) in [5.41, 5.74) is 0.128. The number of benzene rings is 1. The van der Waals surface area contributed by atoms with Gasteiger partial charge in [0.05, 0.1) is 16.9 Å². The van der Waals surface area contributed by atoms with E-state index in [1.165, 1.54) is 18.2 Å². The van der Waals surface area contributed by atoms with E-state index in [2.05, 4.69) is 15.3 Å². The minimum atomic E-state index is -0.395. The Morgan fingerprint density at radius 1 is 1.50 bits per heavy atom. The maximum atomic E-state index is 13.0. The molecule has 0 radical (unpaired) electrons. The van der Waals surface area contributed by atoms with Crippen LogP contribution in [0.15, 0.2) is 23.0 Å².